The molecule has 1 amide bonds. The number of ether oxygens (including phenoxy) is 2. The van der Waals surface area contributed by atoms with Crippen molar-refractivity contribution in [3.8, 4) is 5.75 Å². The Morgan fingerprint density at radius 3 is 2.50 bits per heavy atom. The van der Waals surface area contributed by atoms with Crippen LogP contribution in [0.3, 0.4) is 0 Å². The molecule has 0 spiro atoms. The Morgan fingerprint density at radius 2 is 1.75 bits per heavy atom. The SMILES string of the molecule is Cc1cccc(C(=O)OCC(=O)NCCOc2ccccc2)c1C. The number of carbonyl (C=O) groups is 2. The van der Waals surface area contributed by atoms with Crippen LogP contribution in [0.2, 0.25) is 0 Å². The number of hydrogen-bond donors (Lipinski definition) is 1. The van der Waals surface area contributed by atoms with Gasteiger partial charge in [0, 0.05) is 0 Å². The molecule has 1 N–H and O–H groups in total. The Kier molecular flexibility index (Phi) is 6.37. The zero-order valence-electron chi connectivity index (χ0n) is 13.9. The number of benzene rings is 2. The fraction of sp³-hybridized carbons (Fsp3) is 0.263. The summed E-state index contributed by atoms with van der Waals surface area (Å²) in [4.78, 5) is 23.7. The fourth-order valence-electron chi connectivity index (χ4n) is 2.11. The summed E-state index contributed by atoms with van der Waals surface area (Å²) in [5, 5.41) is 2.64. The molecule has 0 aromatic heterocycles. The number of carbonyl (C=O) groups excluding carboxylic acids is 2. The van der Waals surface area contributed by atoms with E-state index >= 15 is 0 Å². The van der Waals surface area contributed by atoms with Gasteiger partial charge in [0.1, 0.15) is 12.4 Å². The molecule has 24 heavy (non-hydrogen) atoms. The number of aryl methyl sites for hydroxylation is 1. The van der Waals surface area contributed by atoms with Crippen LogP contribution in [-0.4, -0.2) is 31.6 Å². The number of nitrogens with one attached hydrogen (secondary N) is 1. The summed E-state index contributed by atoms with van der Waals surface area (Å²) in [6, 6.07) is 14.7. The third-order valence-corrected chi connectivity index (χ3v) is 3.60. The molecule has 2 aromatic carbocycles. The second-order valence-electron chi connectivity index (χ2n) is 5.34. The number of amides is 1. The van der Waals surface area contributed by atoms with Crippen molar-refractivity contribution < 1.29 is 19.1 Å². The maximum Gasteiger partial charge on any atom is 0.338 e. The topological polar surface area (TPSA) is 64.6 Å². The van der Waals surface area contributed by atoms with Crippen molar-refractivity contribution in [1.29, 1.82) is 0 Å². The molecule has 0 atom stereocenters. The van der Waals surface area contributed by atoms with Gasteiger partial charge < -0.3 is 14.8 Å². The van der Waals surface area contributed by atoms with Crippen molar-refractivity contribution in [3.05, 3.63) is 65.2 Å². The average molecular weight is 327 g/mol. The van der Waals surface area contributed by atoms with Gasteiger partial charge in [-0.15, -0.1) is 0 Å². The van der Waals surface area contributed by atoms with E-state index in [0.29, 0.717) is 18.7 Å². The lowest BCUT2D eigenvalue weighted by Gasteiger charge is -2.10. The quantitative estimate of drug-likeness (QED) is 0.627. The number of hydrogen-bond acceptors (Lipinski definition) is 4. The smallest absolute Gasteiger partial charge is 0.338 e. The van der Waals surface area contributed by atoms with E-state index in [-0.39, 0.29) is 12.5 Å². The van der Waals surface area contributed by atoms with E-state index in [1.165, 1.54) is 0 Å². The minimum absolute atomic E-state index is 0.308. The molecule has 126 valence electrons. The minimum atomic E-state index is -0.494. The third kappa shape index (κ3) is 5.12. The second-order valence-corrected chi connectivity index (χ2v) is 5.34. The molecule has 0 saturated carbocycles. The first-order chi connectivity index (χ1) is 11.6. The average Bonchev–Trinajstić information content (AvgIpc) is 2.60. The van der Waals surface area contributed by atoms with Gasteiger partial charge in [0.2, 0.25) is 0 Å². The lowest BCUT2D eigenvalue weighted by atomic mass is 10.0. The van der Waals surface area contributed by atoms with E-state index in [1.54, 1.807) is 12.1 Å². The molecular formula is C19H21NO4. The fourth-order valence-corrected chi connectivity index (χ4v) is 2.11. The van der Waals surface area contributed by atoms with Gasteiger partial charge in [-0.2, -0.15) is 0 Å². The summed E-state index contributed by atoms with van der Waals surface area (Å²) in [6.07, 6.45) is 0. The Bertz CT molecular complexity index is 698. The molecule has 0 unspecified atom stereocenters. The summed E-state index contributed by atoms with van der Waals surface area (Å²) in [7, 11) is 0. The van der Waals surface area contributed by atoms with Crippen LogP contribution < -0.4 is 10.1 Å². The van der Waals surface area contributed by atoms with E-state index in [9.17, 15) is 9.59 Å². The Balaban J connectivity index is 1.69. The minimum Gasteiger partial charge on any atom is -0.492 e. The summed E-state index contributed by atoms with van der Waals surface area (Å²) in [5.41, 5.74) is 2.35. The zero-order valence-corrected chi connectivity index (χ0v) is 13.9. The Hall–Kier alpha value is -2.82. The van der Waals surface area contributed by atoms with Crippen LogP contribution in [0.1, 0.15) is 21.5 Å². The van der Waals surface area contributed by atoms with Gasteiger partial charge in [0.15, 0.2) is 6.61 Å². The molecule has 0 aliphatic rings. The van der Waals surface area contributed by atoms with Gasteiger partial charge in [-0.3, -0.25) is 4.79 Å². The van der Waals surface area contributed by atoms with Crippen molar-refractivity contribution in [2.24, 2.45) is 0 Å². The van der Waals surface area contributed by atoms with Gasteiger partial charge in [0.25, 0.3) is 5.91 Å². The Labute approximate surface area is 141 Å². The lowest BCUT2D eigenvalue weighted by molar-refractivity contribution is -0.124. The summed E-state index contributed by atoms with van der Waals surface area (Å²) in [6.45, 7) is 4.16. The highest BCUT2D eigenvalue weighted by Gasteiger charge is 2.13. The molecule has 0 bridgehead atoms. The van der Waals surface area contributed by atoms with Gasteiger partial charge in [-0.25, -0.2) is 4.79 Å². The van der Waals surface area contributed by atoms with E-state index in [0.717, 1.165) is 16.9 Å². The zero-order chi connectivity index (χ0) is 17.4. The van der Waals surface area contributed by atoms with Gasteiger partial charge >= 0.3 is 5.97 Å². The highest BCUT2D eigenvalue weighted by Crippen LogP contribution is 2.13. The molecule has 0 heterocycles. The van der Waals surface area contributed by atoms with Crippen LogP contribution in [0.4, 0.5) is 0 Å². The van der Waals surface area contributed by atoms with Crippen molar-refractivity contribution in [2.45, 2.75) is 13.8 Å². The maximum atomic E-state index is 12.0. The van der Waals surface area contributed by atoms with Crippen LogP contribution in [0, 0.1) is 13.8 Å². The molecule has 0 aliphatic carbocycles. The van der Waals surface area contributed by atoms with E-state index in [2.05, 4.69) is 5.32 Å². The number of rotatable bonds is 7. The van der Waals surface area contributed by atoms with Crippen molar-refractivity contribution in [3.63, 3.8) is 0 Å². The summed E-state index contributed by atoms with van der Waals surface area (Å²) in [5.74, 6) is -0.106. The normalized spacial score (nSPS) is 10.1. The molecule has 2 rings (SSSR count). The maximum absolute atomic E-state index is 12.0. The van der Waals surface area contributed by atoms with Crippen LogP contribution in [0.25, 0.3) is 0 Å². The van der Waals surface area contributed by atoms with Crippen molar-refractivity contribution in [2.75, 3.05) is 19.8 Å². The Morgan fingerprint density at radius 1 is 1.00 bits per heavy atom. The molecule has 0 radical (unpaired) electrons. The first-order valence-electron chi connectivity index (χ1n) is 7.76. The molecule has 0 aliphatic heterocycles. The molecule has 0 fully saturated rings. The molecule has 5 nitrogen and oxygen atoms in total. The standard InChI is InChI=1S/C19H21NO4/c1-14-7-6-10-17(15(14)2)19(22)24-13-18(21)20-11-12-23-16-8-4-3-5-9-16/h3-10H,11-13H2,1-2H3,(H,20,21). The van der Waals surface area contributed by atoms with E-state index in [1.807, 2.05) is 50.2 Å². The van der Waals surface area contributed by atoms with Crippen LogP contribution in [-0.2, 0) is 9.53 Å². The van der Waals surface area contributed by atoms with Crippen molar-refractivity contribution >= 4 is 11.9 Å². The predicted molar refractivity (Wildman–Crippen MR) is 91.1 cm³/mol. The highest BCUT2D eigenvalue weighted by molar-refractivity contribution is 5.93. The van der Waals surface area contributed by atoms with Crippen LogP contribution >= 0.6 is 0 Å². The van der Waals surface area contributed by atoms with Crippen LogP contribution in [0.5, 0.6) is 5.75 Å². The molecular weight excluding hydrogens is 306 g/mol. The monoisotopic (exact) mass is 327 g/mol. The first-order valence-corrected chi connectivity index (χ1v) is 7.76. The van der Waals surface area contributed by atoms with Crippen LogP contribution in [0.15, 0.2) is 48.5 Å². The van der Waals surface area contributed by atoms with Gasteiger partial charge in [0.05, 0.1) is 12.1 Å². The molecule has 0 saturated heterocycles. The molecule has 2 aromatic rings. The largest absolute Gasteiger partial charge is 0.492 e. The second kappa shape index (κ2) is 8.72. The lowest BCUT2D eigenvalue weighted by Crippen LogP contribution is -2.32. The highest BCUT2D eigenvalue weighted by atomic mass is 16.5. The third-order valence-electron chi connectivity index (χ3n) is 3.60. The van der Waals surface area contributed by atoms with E-state index < -0.39 is 5.97 Å². The summed E-state index contributed by atoms with van der Waals surface area (Å²) >= 11 is 0. The van der Waals surface area contributed by atoms with Gasteiger partial charge in [-0.1, -0.05) is 30.3 Å². The summed E-state index contributed by atoms with van der Waals surface area (Å²) < 4.78 is 10.5. The van der Waals surface area contributed by atoms with Crippen molar-refractivity contribution in [1.82, 2.24) is 5.32 Å². The first kappa shape index (κ1) is 17.5. The predicted octanol–water partition coefficient (Wildman–Crippen LogP) is 2.66. The number of esters is 1. The number of para-hydroxylation sites is 1. The van der Waals surface area contributed by atoms with Gasteiger partial charge in [-0.05, 0) is 43.2 Å². The molecule has 5 heteroatoms. The van der Waals surface area contributed by atoms with E-state index in [4.69, 9.17) is 9.47 Å².